The highest BCUT2D eigenvalue weighted by Crippen LogP contribution is 2.38. The molecule has 3 rings (SSSR count). The molecule has 2 amide bonds. The highest BCUT2D eigenvalue weighted by molar-refractivity contribution is 8.15. The molecule has 1 N–H and O–H groups in total. The fourth-order valence-corrected chi connectivity index (χ4v) is 3.70. The Bertz CT molecular complexity index is 684. The van der Waals surface area contributed by atoms with E-state index in [0.29, 0.717) is 0 Å². The van der Waals surface area contributed by atoms with Crippen LogP contribution in [0.25, 0.3) is 0 Å². The largest absolute Gasteiger partial charge is 0.286 e. The van der Waals surface area contributed by atoms with E-state index in [9.17, 15) is 9.59 Å². The average molecular weight is 297 g/mol. The molecule has 1 heterocycles. The van der Waals surface area contributed by atoms with Crippen molar-refractivity contribution in [3.05, 3.63) is 71.3 Å². The van der Waals surface area contributed by atoms with E-state index in [1.807, 2.05) is 61.5 Å². The van der Waals surface area contributed by atoms with Crippen molar-refractivity contribution in [2.45, 2.75) is 18.1 Å². The monoisotopic (exact) mass is 297 g/mol. The zero-order valence-electron chi connectivity index (χ0n) is 11.6. The molecule has 3 nitrogen and oxygen atoms in total. The number of rotatable bonds is 3. The van der Waals surface area contributed by atoms with Gasteiger partial charge in [0.15, 0.2) is 0 Å². The van der Waals surface area contributed by atoms with Crippen LogP contribution in [0.2, 0.25) is 0 Å². The second kappa shape index (κ2) is 5.74. The molecular weight excluding hydrogens is 282 g/mol. The topological polar surface area (TPSA) is 46.2 Å². The van der Waals surface area contributed by atoms with Crippen molar-refractivity contribution in [2.24, 2.45) is 0 Å². The Morgan fingerprint density at radius 1 is 1.00 bits per heavy atom. The molecule has 0 bridgehead atoms. The van der Waals surface area contributed by atoms with E-state index < -0.39 is 5.25 Å². The van der Waals surface area contributed by atoms with E-state index >= 15 is 0 Å². The lowest BCUT2D eigenvalue weighted by molar-refractivity contribution is -0.119. The van der Waals surface area contributed by atoms with Gasteiger partial charge in [0.2, 0.25) is 5.91 Å². The summed E-state index contributed by atoms with van der Waals surface area (Å²) in [4.78, 5) is 23.7. The smallest absolute Gasteiger partial charge is 0.286 e. The first-order valence-corrected chi connectivity index (χ1v) is 7.67. The summed E-state index contributed by atoms with van der Waals surface area (Å²) in [5.74, 6) is -0.328. The third-order valence-corrected chi connectivity index (χ3v) is 4.76. The van der Waals surface area contributed by atoms with Crippen LogP contribution in [0.1, 0.15) is 22.6 Å². The summed E-state index contributed by atoms with van der Waals surface area (Å²) in [6, 6.07) is 17.9. The minimum absolute atomic E-state index is 0.121. The van der Waals surface area contributed by atoms with Crippen molar-refractivity contribution in [2.75, 3.05) is 0 Å². The Kier molecular flexibility index (Phi) is 3.80. The maximum absolute atomic E-state index is 12.1. The minimum atomic E-state index is -0.416. The minimum Gasteiger partial charge on any atom is -0.286 e. The van der Waals surface area contributed by atoms with Crippen LogP contribution in [-0.2, 0) is 4.79 Å². The van der Waals surface area contributed by atoms with Gasteiger partial charge in [0.1, 0.15) is 5.25 Å². The molecule has 0 aliphatic carbocycles. The quantitative estimate of drug-likeness (QED) is 0.943. The highest BCUT2D eigenvalue weighted by Gasteiger charge is 2.39. The number of amides is 2. The Morgan fingerprint density at radius 3 is 2.29 bits per heavy atom. The lowest BCUT2D eigenvalue weighted by Crippen LogP contribution is -2.29. The molecule has 2 aromatic carbocycles. The van der Waals surface area contributed by atoms with Gasteiger partial charge >= 0.3 is 0 Å². The summed E-state index contributed by atoms with van der Waals surface area (Å²) in [7, 11) is 0. The standard InChI is InChI=1S/C17H15NO2S/c1-11-7-5-6-10-13(11)14(12-8-3-2-4-9-12)15-16(19)18-17(20)21-15/h2-10,14-15H,1H3,(H,18,19,20). The maximum atomic E-state index is 12.1. The zero-order valence-corrected chi connectivity index (χ0v) is 12.4. The molecule has 0 radical (unpaired) electrons. The molecule has 0 aromatic heterocycles. The lowest BCUT2D eigenvalue weighted by atomic mass is 9.85. The molecule has 21 heavy (non-hydrogen) atoms. The Balaban J connectivity index is 2.10. The summed E-state index contributed by atoms with van der Waals surface area (Å²) in [5.41, 5.74) is 3.26. The van der Waals surface area contributed by atoms with Crippen LogP contribution < -0.4 is 5.32 Å². The first kappa shape index (κ1) is 13.9. The predicted molar refractivity (Wildman–Crippen MR) is 84.4 cm³/mol. The van der Waals surface area contributed by atoms with Crippen LogP contribution >= 0.6 is 11.8 Å². The molecule has 1 saturated heterocycles. The maximum Gasteiger partial charge on any atom is 0.286 e. The normalized spacial score (nSPS) is 19.4. The average Bonchev–Trinajstić information content (AvgIpc) is 2.81. The first-order chi connectivity index (χ1) is 10.2. The van der Waals surface area contributed by atoms with Gasteiger partial charge in [-0.05, 0) is 23.6 Å². The van der Waals surface area contributed by atoms with Gasteiger partial charge in [0.25, 0.3) is 5.24 Å². The van der Waals surface area contributed by atoms with E-state index in [-0.39, 0.29) is 17.1 Å². The van der Waals surface area contributed by atoms with Gasteiger partial charge < -0.3 is 0 Å². The van der Waals surface area contributed by atoms with Crippen LogP contribution in [0.4, 0.5) is 4.79 Å². The SMILES string of the molecule is Cc1ccccc1C(c1ccccc1)C1SC(=O)NC1=O. The zero-order chi connectivity index (χ0) is 14.8. The molecule has 0 spiro atoms. The van der Waals surface area contributed by atoms with Crippen LogP contribution in [0.3, 0.4) is 0 Å². The number of benzene rings is 2. The number of hydrogen-bond donors (Lipinski definition) is 1. The summed E-state index contributed by atoms with van der Waals surface area (Å²) < 4.78 is 0. The molecule has 1 aliphatic heterocycles. The third-order valence-electron chi connectivity index (χ3n) is 3.70. The first-order valence-electron chi connectivity index (χ1n) is 6.79. The number of carbonyl (C=O) groups is 2. The fraction of sp³-hybridized carbons (Fsp3) is 0.176. The number of carbonyl (C=O) groups excluding carboxylic acids is 2. The molecule has 2 aromatic rings. The fourth-order valence-electron chi connectivity index (χ4n) is 2.70. The van der Waals surface area contributed by atoms with Crippen molar-refractivity contribution in [3.8, 4) is 0 Å². The summed E-state index contributed by atoms with van der Waals surface area (Å²) in [6.45, 7) is 2.03. The van der Waals surface area contributed by atoms with Crippen molar-refractivity contribution < 1.29 is 9.59 Å². The second-order valence-electron chi connectivity index (χ2n) is 5.06. The van der Waals surface area contributed by atoms with E-state index in [2.05, 4.69) is 5.32 Å². The number of hydrogen-bond acceptors (Lipinski definition) is 3. The van der Waals surface area contributed by atoms with Gasteiger partial charge in [-0.25, -0.2) is 0 Å². The predicted octanol–water partition coefficient (Wildman–Crippen LogP) is 3.48. The van der Waals surface area contributed by atoms with Crippen molar-refractivity contribution in [1.29, 1.82) is 0 Å². The van der Waals surface area contributed by atoms with Crippen LogP contribution in [0.15, 0.2) is 54.6 Å². The number of imide groups is 1. The van der Waals surface area contributed by atoms with Gasteiger partial charge in [0, 0.05) is 5.92 Å². The van der Waals surface area contributed by atoms with Crippen LogP contribution in [0.5, 0.6) is 0 Å². The number of thioether (sulfide) groups is 1. The molecular formula is C17H15NO2S. The van der Waals surface area contributed by atoms with Crippen molar-refractivity contribution in [3.63, 3.8) is 0 Å². The lowest BCUT2D eigenvalue weighted by Gasteiger charge is -2.23. The van der Waals surface area contributed by atoms with E-state index in [1.54, 1.807) is 0 Å². The van der Waals surface area contributed by atoms with Crippen LogP contribution in [-0.4, -0.2) is 16.4 Å². The molecule has 0 saturated carbocycles. The highest BCUT2D eigenvalue weighted by atomic mass is 32.2. The number of nitrogens with one attached hydrogen (secondary N) is 1. The number of aryl methyl sites for hydroxylation is 1. The molecule has 106 valence electrons. The van der Waals surface area contributed by atoms with E-state index in [4.69, 9.17) is 0 Å². The van der Waals surface area contributed by atoms with E-state index in [0.717, 1.165) is 28.5 Å². The Morgan fingerprint density at radius 2 is 1.67 bits per heavy atom. The molecule has 1 fully saturated rings. The Labute approximate surface area is 127 Å². The second-order valence-corrected chi connectivity index (χ2v) is 6.17. The summed E-state index contributed by atoms with van der Waals surface area (Å²) in [5, 5.41) is 1.71. The Hall–Kier alpha value is -2.07. The molecule has 2 unspecified atom stereocenters. The molecule has 1 aliphatic rings. The van der Waals surface area contributed by atoms with Gasteiger partial charge in [0.05, 0.1) is 0 Å². The van der Waals surface area contributed by atoms with Gasteiger partial charge in [-0.1, -0.05) is 66.4 Å². The molecule has 4 heteroatoms. The van der Waals surface area contributed by atoms with Gasteiger partial charge in [-0.15, -0.1) is 0 Å². The summed E-state index contributed by atoms with van der Waals surface area (Å²) >= 11 is 1.08. The van der Waals surface area contributed by atoms with Crippen molar-refractivity contribution >= 4 is 22.9 Å². The van der Waals surface area contributed by atoms with E-state index in [1.165, 1.54) is 0 Å². The molecule has 2 atom stereocenters. The van der Waals surface area contributed by atoms with Gasteiger partial charge in [-0.2, -0.15) is 0 Å². The third kappa shape index (κ3) is 2.72. The summed E-state index contributed by atoms with van der Waals surface area (Å²) in [6.07, 6.45) is 0. The van der Waals surface area contributed by atoms with Crippen LogP contribution in [0, 0.1) is 6.92 Å². The van der Waals surface area contributed by atoms with Gasteiger partial charge in [-0.3, -0.25) is 14.9 Å². The van der Waals surface area contributed by atoms with Crippen molar-refractivity contribution in [1.82, 2.24) is 5.32 Å².